The van der Waals surface area contributed by atoms with Crippen molar-refractivity contribution in [2.45, 2.75) is 51.6 Å². The van der Waals surface area contributed by atoms with Crippen LogP contribution in [0.3, 0.4) is 0 Å². The van der Waals surface area contributed by atoms with Gasteiger partial charge in [0, 0.05) is 16.8 Å². The molecule has 1 N–H and O–H groups in total. The van der Waals surface area contributed by atoms with E-state index in [-0.39, 0.29) is 11.5 Å². The number of hydrogen-bond acceptors (Lipinski definition) is 4. The van der Waals surface area contributed by atoms with Gasteiger partial charge in [-0.25, -0.2) is 9.07 Å². The quantitative estimate of drug-likeness (QED) is 0.587. The lowest BCUT2D eigenvalue weighted by Gasteiger charge is -2.39. The Bertz CT molecular complexity index is 1080. The molecule has 6 heteroatoms. The Morgan fingerprint density at radius 1 is 1.07 bits per heavy atom. The topological polar surface area (TPSA) is 59.8 Å². The number of nitrogens with zero attached hydrogens (tertiary/aromatic N) is 3. The zero-order valence-electron chi connectivity index (χ0n) is 16.8. The molecule has 0 saturated heterocycles. The number of aromatic nitrogens is 3. The summed E-state index contributed by atoms with van der Waals surface area (Å²) < 4.78 is 15.2. The van der Waals surface area contributed by atoms with Gasteiger partial charge in [-0.1, -0.05) is 38.3 Å². The highest BCUT2D eigenvalue weighted by molar-refractivity contribution is 5.76. The molecule has 1 aliphatic rings. The molecular formula is C23H25FN4O. The SMILES string of the molecule is CCCCCCC1(C)Nc2ccccc2-c2nc(=O)c(-c3ccc(F)cc3)nn21. The van der Waals surface area contributed by atoms with Crippen molar-refractivity contribution in [2.24, 2.45) is 0 Å². The van der Waals surface area contributed by atoms with E-state index in [2.05, 4.69) is 24.1 Å². The maximum atomic E-state index is 13.3. The number of para-hydroxylation sites is 1. The van der Waals surface area contributed by atoms with E-state index in [0.29, 0.717) is 11.4 Å². The molecule has 1 aromatic heterocycles. The van der Waals surface area contributed by atoms with E-state index < -0.39 is 11.2 Å². The molecule has 1 aliphatic heterocycles. The number of benzene rings is 2. The van der Waals surface area contributed by atoms with E-state index in [0.717, 1.165) is 30.5 Å². The molecule has 1 unspecified atom stereocenters. The number of unbranched alkanes of at least 4 members (excludes halogenated alkanes) is 3. The fourth-order valence-electron chi connectivity index (χ4n) is 3.89. The summed E-state index contributed by atoms with van der Waals surface area (Å²) in [4.78, 5) is 17.2. The molecule has 150 valence electrons. The molecule has 2 heterocycles. The zero-order valence-corrected chi connectivity index (χ0v) is 16.8. The number of halogens is 1. The predicted molar refractivity (Wildman–Crippen MR) is 113 cm³/mol. The number of fused-ring (bicyclic) bond motifs is 3. The van der Waals surface area contributed by atoms with E-state index in [1.165, 1.54) is 25.0 Å². The van der Waals surface area contributed by atoms with Crippen LogP contribution in [0, 0.1) is 5.82 Å². The second-order valence-corrected chi connectivity index (χ2v) is 7.76. The van der Waals surface area contributed by atoms with Crippen LogP contribution in [0.5, 0.6) is 0 Å². The Labute approximate surface area is 169 Å². The van der Waals surface area contributed by atoms with Gasteiger partial charge in [0.15, 0.2) is 11.5 Å². The highest BCUT2D eigenvalue weighted by atomic mass is 19.1. The van der Waals surface area contributed by atoms with E-state index in [9.17, 15) is 9.18 Å². The number of rotatable bonds is 6. The fourth-order valence-corrected chi connectivity index (χ4v) is 3.89. The van der Waals surface area contributed by atoms with Crippen LogP contribution in [-0.2, 0) is 5.66 Å². The molecule has 3 aromatic rings. The van der Waals surface area contributed by atoms with Crippen LogP contribution in [0.2, 0.25) is 0 Å². The van der Waals surface area contributed by atoms with E-state index in [1.54, 1.807) is 12.1 Å². The molecule has 0 saturated carbocycles. The summed E-state index contributed by atoms with van der Waals surface area (Å²) in [6.45, 7) is 4.28. The molecule has 0 fully saturated rings. The van der Waals surface area contributed by atoms with Crippen LogP contribution < -0.4 is 10.9 Å². The Morgan fingerprint density at radius 2 is 1.83 bits per heavy atom. The second kappa shape index (κ2) is 7.78. The first kappa shape index (κ1) is 19.3. The van der Waals surface area contributed by atoms with E-state index in [4.69, 9.17) is 5.10 Å². The van der Waals surface area contributed by atoms with E-state index in [1.807, 2.05) is 28.9 Å². The van der Waals surface area contributed by atoms with Crippen LogP contribution in [0.25, 0.3) is 22.6 Å². The normalized spacial score (nSPS) is 17.3. The van der Waals surface area contributed by atoms with Crippen LogP contribution in [0.4, 0.5) is 10.1 Å². The van der Waals surface area contributed by atoms with Crippen LogP contribution >= 0.6 is 0 Å². The summed E-state index contributed by atoms with van der Waals surface area (Å²) in [5.74, 6) is 0.212. The molecule has 2 aromatic carbocycles. The van der Waals surface area contributed by atoms with Gasteiger partial charge in [-0.05, 0) is 56.2 Å². The van der Waals surface area contributed by atoms with Gasteiger partial charge < -0.3 is 5.32 Å². The van der Waals surface area contributed by atoms with Gasteiger partial charge in [0.25, 0.3) is 5.56 Å². The lowest BCUT2D eigenvalue weighted by atomic mass is 9.98. The molecule has 0 spiro atoms. The van der Waals surface area contributed by atoms with Gasteiger partial charge in [-0.2, -0.15) is 10.1 Å². The first-order valence-corrected chi connectivity index (χ1v) is 10.2. The van der Waals surface area contributed by atoms with Crippen molar-refractivity contribution in [2.75, 3.05) is 5.32 Å². The Morgan fingerprint density at radius 3 is 2.59 bits per heavy atom. The minimum atomic E-state index is -0.507. The summed E-state index contributed by atoms with van der Waals surface area (Å²) in [6, 6.07) is 13.6. The minimum Gasteiger partial charge on any atom is -0.361 e. The van der Waals surface area contributed by atoms with Gasteiger partial charge >= 0.3 is 0 Å². The zero-order chi connectivity index (χ0) is 20.4. The standard InChI is InChI=1S/C23H25FN4O/c1-3-4-5-8-15-23(2)26-19-10-7-6-9-18(19)21-25-22(29)20(27-28(21)23)16-11-13-17(24)14-12-16/h6-7,9-14,26H,3-5,8,15H2,1-2H3. The van der Waals surface area contributed by atoms with Crippen molar-refractivity contribution in [3.8, 4) is 22.6 Å². The van der Waals surface area contributed by atoms with Crippen molar-refractivity contribution in [3.63, 3.8) is 0 Å². The number of anilines is 1. The van der Waals surface area contributed by atoms with Crippen molar-refractivity contribution in [1.29, 1.82) is 0 Å². The Kier molecular flexibility index (Phi) is 5.18. The van der Waals surface area contributed by atoms with Crippen molar-refractivity contribution in [3.05, 3.63) is 64.7 Å². The average molecular weight is 392 g/mol. The maximum Gasteiger partial charge on any atom is 0.300 e. The third-order valence-corrected chi connectivity index (χ3v) is 5.48. The predicted octanol–water partition coefficient (Wildman–Crippen LogP) is 5.18. The fraction of sp³-hybridized carbons (Fsp3) is 0.348. The first-order chi connectivity index (χ1) is 14.0. The van der Waals surface area contributed by atoms with Crippen LogP contribution in [0.15, 0.2) is 53.3 Å². The minimum absolute atomic E-state index is 0.231. The van der Waals surface area contributed by atoms with Gasteiger partial charge in [0.1, 0.15) is 11.5 Å². The van der Waals surface area contributed by atoms with Crippen LogP contribution in [-0.4, -0.2) is 14.8 Å². The lowest BCUT2D eigenvalue weighted by Crippen LogP contribution is -2.45. The second-order valence-electron chi connectivity index (χ2n) is 7.76. The van der Waals surface area contributed by atoms with Gasteiger partial charge in [-0.3, -0.25) is 4.79 Å². The molecular weight excluding hydrogens is 367 g/mol. The Hall–Kier alpha value is -3.02. The van der Waals surface area contributed by atoms with Gasteiger partial charge in [0.05, 0.1) is 0 Å². The molecule has 29 heavy (non-hydrogen) atoms. The van der Waals surface area contributed by atoms with E-state index >= 15 is 0 Å². The summed E-state index contributed by atoms with van der Waals surface area (Å²) in [6.07, 6.45) is 5.40. The Balaban J connectivity index is 1.83. The maximum absolute atomic E-state index is 13.3. The van der Waals surface area contributed by atoms with Gasteiger partial charge in [-0.15, -0.1) is 0 Å². The number of hydrogen-bond donors (Lipinski definition) is 1. The van der Waals surface area contributed by atoms with Gasteiger partial charge in [0.2, 0.25) is 0 Å². The van der Waals surface area contributed by atoms with Crippen LogP contribution in [0.1, 0.15) is 46.0 Å². The van der Waals surface area contributed by atoms with Crippen molar-refractivity contribution < 1.29 is 4.39 Å². The molecule has 5 nitrogen and oxygen atoms in total. The lowest BCUT2D eigenvalue weighted by molar-refractivity contribution is 0.289. The largest absolute Gasteiger partial charge is 0.361 e. The first-order valence-electron chi connectivity index (χ1n) is 10.2. The average Bonchev–Trinajstić information content (AvgIpc) is 2.72. The number of nitrogens with one attached hydrogen (secondary N) is 1. The third kappa shape index (κ3) is 3.67. The third-order valence-electron chi connectivity index (χ3n) is 5.48. The molecule has 4 rings (SSSR count). The molecule has 0 radical (unpaired) electrons. The summed E-state index contributed by atoms with van der Waals surface area (Å²) in [5, 5.41) is 8.33. The monoisotopic (exact) mass is 392 g/mol. The van der Waals surface area contributed by atoms with Crippen molar-refractivity contribution >= 4 is 5.69 Å². The van der Waals surface area contributed by atoms with Crippen molar-refractivity contribution in [1.82, 2.24) is 14.8 Å². The highest BCUT2D eigenvalue weighted by Gasteiger charge is 2.35. The molecule has 1 atom stereocenters. The molecule has 0 bridgehead atoms. The summed E-state index contributed by atoms with van der Waals surface area (Å²) >= 11 is 0. The smallest absolute Gasteiger partial charge is 0.300 e. The molecule has 0 amide bonds. The summed E-state index contributed by atoms with van der Waals surface area (Å²) in [5.41, 5.74) is 1.68. The summed E-state index contributed by atoms with van der Waals surface area (Å²) in [7, 11) is 0. The highest BCUT2D eigenvalue weighted by Crippen LogP contribution is 2.38. The molecule has 0 aliphatic carbocycles.